The number of aliphatic hydroxyl groups is 1. The molecule has 1 aliphatic carbocycles. The van der Waals surface area contributed by atoms with Crippen molar-refractivity contribution in [3.05, 3.63) is 35.9 Å². The van der Waals surface area contributed by atoms with E-state index in [-0.39, 0.29) is 17.9 Å². The van der Waals surface area contributed by atoms with Gasteiger partial charge in [0.05, 0.1) is 12.1 Å². The summed E-state index contributed by atoms with van der Waals surface area (Å²) in [5.74, 6) is -0.0319. The van der Waals surface area contributed by atoms with E-state index in [1.54, 1.807) is 0 Å². The number of amides is 1. The van der Waals surface area contributed by atoms with Gasteiger partial charge in [0.25, 0.3) is 0 Å². The van der Waals surface area contributed by atoms with Crippen LogP contribution in [0.25, 0.3) is 0 Å². The van der Waals surface area contributed by atoms with Gasteiger partial charge in [0.1, 0.15) is 0 Å². The zero-order valence-corrected chi connectivity index (χ0v) is 12.1. The molecule has 0 bridgehead atoms. The van der Waals surface area contributed by atoms with Gasteiger partial charge in [-0.15, -0.1) is 0 Å². The van der Waals surface area contributed by atoms with Crippen LogP contribution < -0.4 is 11.1 Å². The van der Waals surface area contributed by atoms with Gasteiger partial charge in [0.2, 0.25) is 5.91 Å². The zero-order valence-electron chi connectivity index (χ0n) is 12.1. The first-order chi connectivity index (χ1) is 9.53. The molecule has 4 N–H and O–H groups in total. The minimum absolute atomic E-state index is 0.0167. The van der Waals surface area contributed by atoms with Gasteiger partial charge in [0, 0.05) is 6.42 Å². The van der Waals surface area contributed by atoms with Gasteiger partial charge >= 0.3 is 0 Å². The van der Waals surface area contributed by atoms with Crippen molar-refractivity contribution in [3.8, 4) is 0 Å². The summed E-state index contributed by atoms with van der Waals surface area (Å²) in [6.45, 7) is 2.27. The first kappa shape index (κ1) is 15.0. The summed E-state index contributed by atoms with van der Waals surface area (Å²) in [4.78, 5) is 12.3. The summed E-state index contributed by atoms with van der Waals surface area (Å²) in [7, 11) is 0. The Hall–Kier alpha value is -1.39. The Labute approximate surface area is 120 Å². The molecule has 4 heteroatoms. The first-order valence-corrected chi connectivity index (χ1v) is 7.21. The zero-order chi connectivity index (χ0) is 14.6. The van der Waals surface area contributed by atoms with Crippen LogP contribution in [0.3, 0.4) is 0 Å². The molecule has 1 atom stereocenters. The van der Waals surface area contributed by atoms with Gasteiger partial charge in [0.15, 0.2) is 0 Å². The van der Waals surface area contributed by atoms with E-state index in [2.05, 4.69) is 5.32 Å². The fourth-order valence-electron chi connectivity index (χ4n) is 2.83. The highest BCUT2D eigenvalue weighted by Gasteiger charge is 2.39. The summed E-state index contributed by atoms with van der Waals surface area (Å²) in [6, 6.07) is 9.56. The smallest absolute Gasteiger partial charge is 0.221 e. The van der Waals surface area contributed by atoms with E-state index in [0.29, 0.717) is 13.0 Å². The minimum atomic E-state index is -0.738. The molecule has 0 spiro atoms. The van der Waals surface area contributed by atoms with Crippen molar-refractivity contribution < 1.29 is 9.90 Å². The SMILES string of the molecule is CC(CO)(NC(=O)CC1(CN)CCC1)c1ccccc1. The van der Waals surface area contributed by atoms with Gasteiger partial charge in [-0.1, -0.05) is 36.8 Å². The number of hydrogen-bond donors (Lipinski definition) is 3. The van der Waals surface area contributed by atoms with Crippen molar-refractivity contribution in [3.63, 3.8) is 0 Å². The van der Waals surface area contributed by atoms with E-state index in [1.165, 1.54) is 0 Å². The Morgan fingerprint density at radius 2 is 2.05 bits per heavy atom. The monoisotopic (exact) mass is 276 g/mol. The van der Waals surface area contributed by atoms with Crippen LogP contribution in [0.5, 0.6) is 0 Å². The average molecular weight is 276 g/mol. The fourth-order valence-corrected chi connectivity index (χ4v) is 2.83. The third-order valence-electron chi connectivity index (χ3n) is 4.53. The quantitative estimate of drug-likeness (QED) is 0.737. The normalized spacial score (nSPS) is 19.8. The van der Waals surface area contributed by atoms with Crippen molar-refractivity contribution in [1.29, 1.82) is 0 Å². The molecule has 1 fully saturated rings. The Morgan fingerprint density at radius 3 is 2.50 bits per heavy atom. The maximum atomic E-state index is 12.3. The van der Waals surface area contributed by atoms with Crippen LogP contribution in [0.2, 0.25) is 0 Å². The standard InChI is InChI=1S/C16H24N2O2/c1-15(12-19,13-6-3-2-4-7-13)18-14(20)10-16(11-17)8-5-9-16/h2-4,6-7,19H,5,8-12,17H2,1H3,(H,18,20). The van der Waals surface area contributed by atoms with Crippen LogP contribution in [0.15, 0.2) is 30.3 Å². The Kier molecular flexibility index (Phi) is 4.45. The molecule has 0 aromatic heterocycles. The maximum Gasteiger partial charge on any atom is 0.221 e. The summed E-state index contributed by atoms with van der Waals surface area (Å²) < 4.78 is 0. The number of rotatable bonds is 6. The molecule has 2 rings (SSSR count). The third-order valence-corrected chi connectivity index (χ3v) is 4.53. The Balaban J connectivity index is 2.04. The van der Waals surface area contributed by atoms with E-state index < -0.39 is 5.54 Å². The molecule has 1 amide bonds. The van der Waals surface area contributed by atoms with Crippen molar-refractivity contribution in [2.45, 2.75) is 38.1 Å². The second-order valence-electron chi connectivity index (χ2n) is 6.14. The Morgan fingerprint density at radius 1 is 1.40 bits per heavy atom. The number of benzene rings is 1. The molecule has 4 nitrogen and oxygen atoms in total. The number of hydrogen-bond acceptors (Lipinski definition) is 3. The summed E-state index contributed by atoms with van der Waals surface area (Å²) in [5.41, 5.74) is 5.95. The number of carbonyl (C=O) groups is 1. The average Bonchev–Trinajstić information content (AvgIpc) is 2.43. The fraction of sp³-hybridized carbons (Fsp3) is 0.562. The molecule has 110 valence electrons. The molecule has 0 saturated heterocycles. The van der Waals surface area contributed by atoms with Crippen LogP contribution in [0.4, 0.5) is 0 Å². The van der Waals surface area contributed by atoms with Gasteiger partial charge in [-0.2, -0.15) is 0 Å². The lowest BCUT2D eigenvalue weighted by Gasteiger charge is -2.41. The van der Waals surface area contributed by atoms with E-state index in [4.69, 9.17) is 5.73 Å². The molecule has 1 unspecified atom stereocenters. The number of carbonyl (C=O) groups excluding carboxylic acids is 1. The second kappa shape index (κ2) is 5.94. The molecule has 1 aliphatic rings. The molecule has 0 radical (unpaired) electrons. The third kappa shape index (κ3) is 3.02. The summed E-state index contributed by atoms with van der Waals surface area (Å²) in [5, 5.41) is 12.6. The van der Waals surface area contributed by atoms with Crippen molar-refractivity contribution in [2.24, 2.45) is 11.1 Å². The van der Waals surface area contributed by atoms with Gasteiger partial charge < -0.3 is 16.2 Å². The lowest BCUT2D eigenvalue weighted by atomic mass is 9.66. The molecule has 0 heterocycles. The van der Waals surface area contributed by atoms with E-state index in [1.807, 2.05) is 37.3 Å². The number of nitrogens with one attached hydrogen (secondary N) is 1. The molecular weight excluding hydrogens is 252 g/mol. The van der Waals surface area contributed by atoms with Crippen LogP contribution in [-0.4, -0.2) is 24.2 Å². The maximum absolute atomic E-state index is 12.3. The van der Waals surface area contributed by atoms with Gasteiger partial charge in [-0.3, -0.25) is 4.79 Å². The molecule has 20 heavy (non-hydrogen) atoms. The van der Waals surface area contributed by atoms with Gasteiger partial charge in [-0.05, 0) is 37.3 Å². The predicted molar refractivity (Wildman–Crippen MR) is 79.0 cm³/mol. The number of nitrogens with two attached hydrogens (primary N) is 1. The lowest BCUT2D eigenvalue weighted by molar-refractivity contribution is -0.127. The molecule has 1 aromatic carbocycles. The van der Waals surface area contributed by atoms with Crippen molar-refractivity contribution in [2.75, 3.05) is 13.2 Å². The first-order valence-electron chi connectivity index (χ1n) is 7.21. The van der Waals surface area contributed by atoms with Crippen LogP contribution in [0.1, 0.15) is 38.2 Å². The predicted octanol–water partition coefficient (Wildman–Crippen LogP) is 1.53. The molecule has 1 saturated carbocycles. The topological polar surface area (TPSA) is 75.3 Å². The van der Waals surface area contributed by atoms with Crippen LogP contribution in [-0.2, 0) is 10.3 Å². The molecule has 0 aliphatic heterocycles. The summed E-state index contributed by atoms with van der Waals surface area (Å²) in [6.07, 6.45) is 3.66. The van der Waals surface area contributed by atoms with Crippen molar-refractivity contribution >= 4 is 5.91 Å². The second-order valence-corrected chi connectivity index (χ2v) is 6.14. The molecular formula is C16H24N2O2. The largest absolute Gasteiger partial charge is 0.394 e. The Bertz CT molecular complexity index is 451. The van der Waals surface area contributed by atoms with E-state index in [9.17, 15) is 9.90 Å². The summed E-state index contributed by atoms with van der Waals surface area (Å²) >= 11 is 0. The van der Waals surface area contributed by atoms with Crippen LogP contribution in [0, 0.1) is 5.41 Å². The lowest BCUT2D eigenvalue weighted by Crippen LogP contribution is -2.49. The van der Waals surface area contributed by atoms with Gasteiger partial charge in [-0.25, -0.2) is 0 Å². The molecule has 1 aromatic rings. The van der Waals surface area contributed by atoms with Crippen LogP contribution >= 0.6 is 0 Å². The highest BCUT2D eigenvalue weighted by Crippen LogP contribution is 2.43. The minimum Gasteiger partial charge on any atom is -0.394 e. The highest BCUT2D eigenvalue weighted by molar-refractivity contribution is 5.78. The number of aliphatic hydroxyl groups excluding tert-OH is 1. The highest BCUT2D eigenvalue weighted by atomic mass is 16.3. The van der Waals surface area contributed by atoms with Crippen molar-refractivity contribution in [1.82, 2.24) is 5.32 Å². The van der Waals surface area contributed by atoms with E-state index in [0.717, 1.165) is 24.8 Å². The van der Waals surface area contributed by atoms with E-state index >= 15 is 0 Å².